The first-order valence-electron chi connectivity index (χ1n) is 6.16. The fraction of sp³-hybridized carbons (Fsp3) is 0.200. The molecule has 0 aliphatic heterocycles. The molecule has 4 heteroatoms. The van der Waals surface area contributed by atoms with Crippen molar-refractivity contribution in [3.8, 4) is 5.75 Å². The number of anilines is 2. The summed E-state index contributed by atoms with van der Waals surface area (Å²) in [7, 11) is 0. The van der Waals surface area contributed by atoms with Crippen LogP contribution in [0.1, 0.15) is 24.2 Å². The van der Waals surface area contributed by atoms with Gasteiger partial charge in [-0.25, -0.2) is 0 Å². The molecule has 2 rings (SSSR count). The number of aliphatic hydroxyl groups excluding tert-OH is 1. The quantitative estimate of drug-likeness (QED) is 0.636. The molecule has 0 aromatic heterocycles. The van der Waals surface area contributed by atoms with Crippen LogP contribution in [0.4, 0.5) is 11.4 Å². The van der Waals surface area contributed by atoms with E-state index in [1.54, 1.807) is 25.1 Å². The maximum Gasteiger partial charge on any atom is 0.122 e. The monoisotopic (exact) mass is 258 g/mol. The Bertz CT molecular complexity index is 530. The molecule has 4 nitrogen and oxygen atoms in total. The van der Waals surface area contributed by atoms with Gasteiger partial charge in [0.25, 0.3) is 0 Å². The molecule has 0 aliphatic carbocycles. The van der Waals surface area contributed by atoms with Crippen LogP contribution >= 0.6 is 0 Å². The van der Waals surface area contributed by atoms with E-state index in [2.05, 4.69) is 5.32 Å². The number of rotatable bonds is 4. The van der Waals surface area contributed by atoms with Crippen molar-refractivity contribution in [2.24, 2.45) is 0 Å². The van der Waals surface area contributed by atoms with E-state index in [0.717, 1.165) is 11.3 Å². The SMILES string of the molecule is CC(O)c1ccc(NCc2c(N)cccc2O)cc1. The van der Waals surface area contributed by atoms with Gasteiger partial charge in [-0.15, -0.1) is 0 Å². The second kappa shape index (κ2) is 5.63. The second-order valence-corrected chi connectivity index (χ2v) is 4.50. The van der Waals surface area contributed by atoms with Crippen LogP contribution in [0.2, 0.25) is 0 Å². The third-order valence-electron chi connectivity index (χ3n) is 3.05. The van der Waals surface area contributed by atoms with E-state index in [4.69, 9.17) is 5.73 Å². The third-order valence-corrected chi connectivity index (χ3v) is 3.05. The summed E-state index contributed by atoms with van der Waals surface area (Å²) in [4.78, 5) is 0. The van der Waals surface area contributed by atoms with Crippen LogP contribution in [-0.2, 0) is 6.54 Å². The van der Waals surface area contributed by atoms with Crippen molar-refractivity contribution in [3.63, 3.8) is 0 Å². The Hall–Kier alpha value is -2.20. The molecule has 0 fully saturated rings. The Labute approximate surface area is 112 Å². The van der Waals surface area contributed by atoms with Crippen molar-refractivity contribution in [1.29, 1.82) is 0 Å². The molecule has 0 radical (unpaired) electrons. The van der Waals surface area contributed by atoms with Gasteiger partial charge in [-0.1, -0.05) is 18.2 Å². The van der Waals surface area contributed by atoms with Crippen molar-refractivity contribution in [1.82, 2.24) is 0 Å². The fourth-order valence-corrected chi connectivity index (χ4v) is 1.85. The number of benzene rings is 2. The molecule has 0 saturated heterocycles. The van der Waals surface area contributed by atoms with Gasteiger partial charge in [0, 0.05) is 23.5 Å². The summed E-state index contributed by atoms with van der Waals surface area (Å²) in [5.74, 6) is 0.188. The number of hydrogen-bond acceptors (Lipinski definition) is 4. The minimum absolute atomic E-state index is 0.188. The van der Waals surface area contributed by atoms with Crippen LogP contribution < -0.4 is 11.1 Å². The van der Waals surface area contributed by atoms with Gasteiger partial charge in [0.15, 0.2) is 0 Å². The highest BCUT2D eigenvalue weighted by Gasteiger charge is 2.05. The molecule has 0 aliphatic rings. The van der Waals surface area contributed by atoms with E-state index in [-0.39, 0.29) is 5.75 Å². The summed E-state index contributed by atoms with van der Waals surface area (Å²) < 4.78 is 0. The largest absolute Gasteiger partial charge is 0.508 e. The first kappa shape index (κ1) is 13.2. The average molecular weight is 258 g/mol. The molecule has 2 aromatic carbocycles. The van der Waals surface area contributed by atoms with Crippen LogP contribution in [0.3, 0.4) is 0 Å². The zero-order chi connectivity index (χ0) is 13.8. The standard InChI is InChI=1S/C15H18N2O2/c1-10(18)11-5-7-12(8-6-11)17-9-13-14(16)3-2-4-15(13)19/h2-8,10,17-19H,9,16H2,1H3. The number of nitrogens with one attached hydrogen (secondary N) is 1. The molecule has 1 unspecified atom stereocenters. The van der Waals surface area contributed by atoms with E-state index in [0.29, 0.717) is 17.8 Å². The lowest BCUT2D eigenvalue weighted by atomic mass is 10.1. The summed E-state index contributed by atoms with van der Waals surface area (Å²) in [5.41, 5.74) is 8.84. The van der Waals surface area contributed by atoms with Gasteiger partial charge in [-0.2, -0.15) is 0 Å². The van der Waals surface area contributed by atoms with Crippen LogP contribution in [0.15, 0.2) is 42.5 Å². The Morgan fingerprint density at radius 1 is 1.16 bits per heavy atom. The number of phenolic OH excluding ortho intramolecular Hbond substituents is 1. The zero-order valence-electron chi connectivity index (χ0n) is 10.8. The van der Waals surface area contributed by atoms with Crippen LogP contribution in [0.25, 0.3) is 0 Å². The molecule has 1 atom stereocenters. The minimum Gasteiger partial charge on any atom is -0.508 e. The van der Waals surface area contributed by atoms with Crippen molar-refractivity contribution >= 4 is 11.4 Å². The summed E-state index contributed by atoms with van der Waals surface area (Å²) in [6.45, 7) is 2.18. The fourth-order valence-electron chi connectivity index (χ4n) is 1.85. The van der Waals surface area contributed by atoms with Gasteiger partial charge < -0.3 is 21.3 Å². The van der Waals surface area contributed by atoms with Gasteiger partial charge >= 0.3 is 0 Å². The molecule has 0 amide bonds. The highest BCUT2D eigenvalue weighted by atomic mass is 16.3. The lowest BCUT2D eigenvalue weighted by molar-refractivity contribution is 0.199. The van der Waals surface area contributed by atoms with Crippen molar-refractivity contribution in [2.45, 2.75) is 19.6 Å². The van der Waals surface area contributed by atoms with Gasteiger partial charge in [0.05, 0.1) is 6.10 Å². The van der Waals surface area contributed by atoms with E-state index in [1.165, 1.54) is 0 Å². The molecule has 0 bridgehead atoms. The molecule has 2 aromatic rings. The maximum atomic E-state index is 9.73. The van der Waals surface area contributed by atoms with Crippen molar-refractivity contribution in [2.75, 3.05) is 11.1 Å². The van der Waals surface area contributed by atoms with E-state index >= 15 is 0 Å². The summed E-state index contributed by atoms with van der Waals surface area (Å²) >= 11 is 0. The highest BCUT2D eigenvalue weighted by Crippen LogP contribution is 2.24. The van der Waals surface area contributed by atoms with Crippen molar-refractivity contribution < 1.29 is 10.2 Å². The highest BCUT2D eigenvalue weighted by molar-refractivity contribution is 5.56. The van der Waals surface area contributed by atoms with Crippen molar-refractivity contribution in [3.05, 3.63) is 53.6 Å². The Balaban J connectivity index is 2.06. The predicted octanol–water partition coefficient (Wildman–Crippen LogP) is 2.64. The number of phenols is 1. The summed E-state index contributed by atoms with van der Waals surface area (Å²) in [6.07, 6.45) is -0.470. The number of aliphatic hydroxyl groups is 1. The van der Waals surface area contributed by atoms with E-state index < -0.39 is 6.10 Å². The molecule has 0 saturated carbocycles. The molecular formula is C15H18N2O2. The lowest BCUT2D eigenvalue weighted by Gasteiger charge is -2.11. The Morgan fingerprint density at radius 2 is 1.84 bits per heavy atom. The molecular weight excluding hydrogens is 240 g/mol. The maximum absolute atomic E-state index is 9.73. The lowest BCUT2D eigenvalue weighted by Crippen LogP contribution is -2.03. The molecule has 5 N–H and O–H groups in total. The third kappa shape index (κ3) is 3.17. The molecule has 0 spiro atoms. The normalized spacial score (nSPS) is 12.1. The first-order chi connectivity index (χ1) is 9.08. The minimum atomic E-state index is -0.470. The van der Waals surface area contributed by atoms with E-state index in [9.17, 15) is 10.2 Å². The second-order valence-electron chi connectivity index (χ2n) is 4.50. The average Bonchev–Trinajstić information content (AvgIpc) is 2.38. The predicted molar refractivity (Wildman–Crippen MR) is 76.9 cm³/mol. The van der Waals surface area contributed by atoms with Crippen LogP contribution in [0, 0.1) is 0 Å². The summed E-state index contributed by atoms with van der Waals surface area (Å²) in [6, 6.07) is 12.6. The first-order valence-corrected chi connectivity index (χ1v) is 6.16. The molecule has 0 heterocycles. The zero-order valence-corrected chi connectivity index (χ0v) is 10.8. The number of nitrogen functional groups attached to an aromatic ring is 1. The Morgan fingerprint density at radius 3 is 2.42 bits per heavy atom. The van der Waals surface area contributed by atoms with Gasteiger partial charge in [0.2, 0.25) is 0 Å². The van der Waals surface area contributed by atoms with Gasteiger partial charge in [0.1, 0.15) is 5.75 Å². The number of nitrogens with two attached hydrogens (primary N) is 1. The van der Waals surface area contributed by atoms with Crippen LogP contribution in [0.5, 0.6) is 5.75 Å². The molecule has 100 valence electrons. The molecule has 19 heavy (non-hydrogen) atoms. The summed E-state index contributed by atoms with van der Waals surface area (Å²) in [5, 5.41) is 22.3. The van der Waals surface area contributed by atoms with Gasteiger partial charge in [-0.3, -0.25) is 0 Å². The topological polar surface area (TPSA) is 78.5 Å². The smallest absolute Gasteiger partial charge is 0.122 e. The Kier molecular flexibility index (Phi) is 3.92. The van der Waals surface area contributed by atoms with E-state index in [1.807, 2.05) is 24.3 Å². The number of aromatic hydroxyl groups is 1. The van der Waals surface area contributed by atoms with Gasteiger partial charge in [-0.05, 0) is 36.8 Å². The van der Waals surface area contributed by atoms with Crippen LogP contribution in [-0.4, -0.2) is 10.2 Å². The number of hydrogen-bond donors (Lipinski definition) is 4.